The summed E-state index contributed by atoms with van der Waals surface area (Å²) in [6, 6.07) is 3.67. The molecule has 17 heavy (non-hydrogen) atoms. The monoisotopic (exact) mass is 235 g/mol. The molecule has 1 saturated carbocycles. The van der Waals surface area contributed by atoms with E-state index in [4.69, 9.17) is 0 Å². The van der Waals surface area contributed by atoms with E-state index in [1.807, 2.05) is 0 Å². The van der Waals surface area contributed by atoms with Crippen molar-refractivity contribution in [3.05, 3.63) is 0 Å². The fourth-order valence-electron chi connectivity index (χ4n) is 2.97. The van der Waals surface area contributed by atoms with Gasteiger partial charge in [0.2, 0.25) is 0 Å². The van der Waals surface area contributed by atoms with Crippen LogP contribution >= 0.6 is 0 Å². The quantitative estimate of drug-likeness (QED) is 0.810. The summed E-state index contributed by atoms with van der Waals surface area (Å²) in [7, 11) is 0. The molecule has 4 atom stereocenters. The van der Waals surface area contributed by atoms with Crippen LogP contribution in [0.3, 0.4) is 0 Å². The summed E-state index contributed by atoms with van der Waals surface area (Å²) in [6.45, 7) is 9.01. The molecule has 3 nitrogen and oxygen atoms in total. The molecule has 0 aromatic carbocycles. The van der Waals surface area contributed by atoms with Crippen LogP contribution in [0.2, 0.25) is 0 Å². The van der Waals surface area contributed by atoms with Gasteiger partial charge in [-0.05, 0) is 38.0 Å². The average Bonchev–Trinajstić information content (AvgIpc) is 3.08. The Kier molecular flexibility index (Phi) is 4.06. The first-order chi connectivity index (χ1) is 8.10. The van der Waals surface area contributed by atoms with Crippen LogP contribution in [-0.2, 0) is 0 Å². The van der Waals surface area contributed by atoms with Crippen LogP contribution in [0.15, 0.2) is 0 Å². The van der Waals surface area contributed by atoms with Crippen LogP contribution in [0.25, 0.3) is 0 Å². The third-order valence-electron chi connectivity index (χ3n) is 4.31. The van der Waals surface area contributed by atoms with Gasteiger partial charge in [-0.2, -0.15) is 5.26 Å². The second-order valence-electron chi connectivity index (χ2n) is 6.14. The zero-order valence-corrected chi connectivity index (χ0v) is 11.3. The van der Waals surface area contributed by atoms with Crippen molar-refractivity contribution in [1.29, 1.82) is 5.26 Å². The molecule has 2 fully saturated rings. The van der Waals surface area contributed by atoms with Gasteiger partial charge in [-0.1, -0.05) is 13.8 Å². The van der Waals surface area contributed by atoms with Crippen LogP contribution in [0.4, 0.5) is 0 Å². The van der Waals surface area contributed by atoms with Gasteiger partial charge in [-0.15, -0.1) is 0 Å². The van der Waals surface area contributed by atoms with Gasteiger partial charge < -0.3 is 0 Å². The highest BCUT2D eigenvalue weighted by Gasteiger charge is 2.31. The van der Waals surface area contributed by atoms with Crippen molar-refractivity contribution in [2.45, 2.75) is 58.2 Å². The summed E-state index contributed by atoms with van der Waals surface area (Å²) in [4.78, 5) is 2.50. The lowest BCUT2D eigenvalue weighted by Gasteiger charge is -2.41. The van der Waals surface area contributed by atoms with Gasteiger partial charge in [0.25, 0.3) is 0 Å². The van der Waals surface area contributed by atoms with E-state index in [0.717, 1.165) is 24.9 Å². The van der Waals surface area contributed by atoms with E-state index >= 15 is 0 Å². The van der Waals surface area contributed by atoms with Gasteiger partial charge in [0, 0.05) is 25.2 Å². The molecule has 3 heteroatoms. The highest BCUT2D eigenvalue weighted by atomic mass is 15.2. The van der Waals surface area contributed by atoms with Crippen molar-refractivity contribution in [2.75, 3.05) is 13.1 Å². The first-order valence-electron chi connectivity index (χ1n) is 7.00. The van der Waals surface area contributed by atoms with Crippen LogP contribution < -0.4 is 5.32 Å². The number of piperidine rings is 1. The maximum absolute atomic E-state index is 9.21. The Bertz CT molecular complexity index is 292. The molecule has 0 spiro atoms. The molecule has 0 aromatic heterocycles. The smallest absolute Gasteiger partial charge is 0.108 e. The molecule has 0 amide bonds. The maximum Gasteiger partial charge on any atom is 0.108 e. The zero-order valence-electron chi connectivity index (χ0n) is 11.3. The van der Waals surface area contributed by atoms with Crippen molar-refractivity contribution in [1.82, 2.24) is 10.2 Å². The molecule has 1 saturated heterocycles. The molecule has 2 rings (SSSR count). The van der Waals surface area contributed by atoms with Crippen molar-refractivity contribution in [2.24, 2.45) is 11.8 Å². The minimum Gasteiger partial charge on any atom is -0.298 e. The Hall–Kier alpha value is -0.590. The number of nitrogens with zero attached hydrogens (tertiary/aromatic N) is 2. The Balaban J connectivity index is 1.88. The fraction of sp³-hybridized carbons (Fsp3) is 0.929. The first-order valence-corrected chi connectivity index (χ1v) is 7.00. The van der Waals surface area contributed by atoms with Gasteiger partial charge in [0.05, 0.1) is 6.07 Å². The predicted molar refractivity (Wildman–Crippen MR) is 69.5 cm³/mol. The number of nitriles is 1. The van der Waals surface area contributed by atoms with E-state index in [2.05, 4.69) is 37.1 Å². The molecular weight excluding hydrogens is 210 g/mol. The molecule has 96 valence electrons. The topological polar surface area (TPSA) is 39.1 Å². The Labute approximate surface area is 105 Å². The molecule has 1 N–H and O–H groups in total. The minimum absolute atomic E-state index is 0.0162. The molecule has 0 aromatic rings. The molecule has 1 aliphatic carbocycles. The van der Waals surface area contributed by atoms with Crippen molar-refractivity contribution in [3.63, 3.8) is 0 Å². The van der Waals surface area contributed by atoms with Gasteiger partial charge >= 0.3 is 0 Å². The fourth-order valence-corrected chi connectivity index (χ4v) is 2.97. The van der Waals surface area contributed by atoms with Crippen LogP contribution in [0, 0.1) is 23.2 Å². The lowest BCUT2D eigenvalue weighted by Crippen LogP contribution is -2.51. The lowest BCUT2D eigenvalue weighted by molar-refractivity contribution is 0.0752. The highest BCUT2D eigenvalue weighted by Crippen LogP contribution is 2.27. The van der Waals surface area contributed by atoms with Crippen molar-refractivity contribution in [3.8, 4) is 6.07 Å². The summed E-state index contributed by atoms with van der Waals surface area (Å²) in [5, 5.41) is 12.6. The zero-order chi connectivity index (χ0) is 12.4. The van der Waals surface area contributed by atoms with E-state index in [9.17, 15) is 5.26 Å². The number of rotatable bonds is 4. The van der Waals surface area contributed by atoms with E-state index in [0.29, 0.717) is 12.1 Å². The predicted octanol–water partition coefficient (Wildman–Crippen LogP) is 2.00. The first kappa shape index (κ1) is 12.9. The largest absolute Gasteiger partial charge is 0.298 e. The minimum atomic E-state index is 0.0162. The number of nitrogens with one attached hydrogen (secondary N) is 1. The number of hydrogen-bond acceptors (Lipinski definition) is 3. The number of hydrogen-bond donors (Lipinski definition) is 1. The Morgan fingerprint density at radius 3 is 2.65 bits per heavy atom. The van der Waals surface area contributed by atoms with E-state index in [1.165, 1.54) is 19.3 Å². The van der Waals surface area contributed by atoms with Gasteiger partial charge in [-0.3, -0.25) is 10.2 Å². The second-order valence-corrected chi connectivity index (χ2v) is 6.14. The van der Waals surface area contributed by atoms with Gasteiger partial charge in [0.1, 0.15) is 6.04 Å². The lowest BCUT2D eigenvalue weighted by atomic mass is 9.86. The van der Waals surface area contributed by atoms with Crippen LogP contribution in [0.5, 0.6) is 0 Å². The van der Waals surface area contributed by atoms with E-state index in [1.54, 1.807) is 0 Å². The SMILES string of the molecule is CC1CC(C)C(C)N(CC(C#N)NC2CC2)C1. The average molecular weight is 235 g/mol. The summed E-state index contributed by atoms with van der Waals surface area (Å²) in [5.41, 5.74) is 0. The van der Waals surface area contributed by atoms with E-state index < -0.39 is 0 Å². The molecule has 1 aliphatic heterocycles. The Morgan fingerprint density at radius 1 is 1.35 bits per heavy atom. The maximum atomic E-state index is 9.21. The third-order valence-corrected chi connectivity index (χ3v) is 4.31. The van der Waals surface area contributed by atoms with Crippen LogP contribution in [-0.4, -0.2) is 36.1 Å². The summed E-state index contributed by atoms with van der Waals surface area (Å²) in [5.74, 6) is 1.51. The molecular formula is C14H25N3. The summed E-state index contributed by atoms with van der Waals surface area (Å²) >= 11 is 0. The Morgan fingerprint density at radius 2 is 2.06 bits per heavy atom. The molecule has 1 heterocycles. The molecule has 2 aliphatic rings. The third kappa shape index (κ3) is 3.43. The molecule has 0 bridgehead atoms. The molecule has 4 unspecified atom stereocenters. The number of likely N-dealkylation sites (tertiary alicyclic amines) is 1. The highest BCUT2D eigenvalue weighted by molar-refractivity contribution is 4.99. The standard InChI is InChI=1S/C14H25N3/c1-10-6-11(2)12(3)17(8-10)9-14(7-15)16-13-4-5-13/h10-14,16H,4-6,8-9H2,1-3H3. The summed E-state index contributed by atoms with van der Waals surface area (Å²) in [6.07, 6.45) is 3.83. The molecule has 0 radical (unpaired) electrons. The van der Waals surface area contributed by atoms with E-state index in [-0.39, 0.29) is 6.04 Å². The summed E-state index contributed by atoms with van der Waals surface area (Å²) < 4.78 is 0. The normalized spacial score (nSPS) is 36.5. The van der Waals surface area contributed by atoms with Gasteiger partial charge in [0.15, 0.2) is 0 Å². The second kappa shape index (κ2) is 5.37. The van der Waals surface area contributed by atoms with Crippen molar-refractivity contribution >= 4 is 0 Å². The van der Waals surface area contributed by atoms with Gasteiger partial charge in [-0.25, -0.2) is 0 Å². The van der Waals surface area contributed by atoms with Crippen molar-refractivity contribution < 1.29 is 0 Å². The van der Waals surface area contributed by atoms with Crippen LogP contribution in [0.1, 0.15) is 40.0 Å².